The Hall–Kier alpha value is -3.88. The normalized spacial score (nSPS) is 15.7. The van der Waals surface area contributed by atoms with Gasteiger partial charge in [0, 0.05) is 17.4 Å². The highest BCUT2D eigenvalue weighted by atomic mass is 16.6. The van der Waals surface area contributed by atoms with Crippen LogP contribution < -0.4 is 15.5 Å². The quantitative estimate of drug-likeness (QED) is 0.671. The second kappa shape index (κ2) is 7.51. The number of anilines is 3. The average molecular weight is 405 g/mol. The molecule has 0 bridgehead atoms. The minimum atomic E-state index is -0.401. The maximum Gasteiger partial charge on any atom is 0.414 e. The summed E-state index contributed by atoms with van der Waals surface area (Å²) in [5, 5.41) is 13.7. The fraction of sp³-hybridized carbons (Fsp3) is 0.238. The third kappa shape index (κ3) is 3.57. The van der Waals surface area contributed by atoms with Crippen molar-refractivity contribution in [2.24, 2.45) is 0 Å². The van der Waals surface area contributed by atoms with E-state index >= 15 is 0 Å². The molecule has 1 aliphatic heterocycles. The van der Waals surface area contributed by atoms with Gasteiger partial charge in [-0.05, 0) is 42.2 Å². The van der Waals surface area contributed by atoms with Gasteiger partial charge >= 0.3 is 23.9 Å². The highest BCUT2D eigenvalue weighted by Crippen LogP contribution is 2.25. The Morgan fingerprint density at radius 3 is 2.60 bits per heavy atom. The van der Waals surface area contributed by atoms with Gasteiger partial charge in [0.2, 0.25) is 0 Å². The molecule has 0 spiro atoms. The monoisotopic (exact) mass is 405 g/mol. The van der Waals surface area contributed by atoms with Crippen LogP contribution in [-0.4, -0.2) is 41.4 Å². The molecule has 9 heteroatoms. The van der Waals surface area contributed by atoms with Crippen LogP contribution in [0.25, 0.3) is 0 Å². The van der Waals surface area contributed by atoms with Crippen LogP contribution in [0.5, 0.6) is 0 Å². The molecule has 0 saturated carbocycles. The Balaban J connectivity index is 1.23. The summed E-state index contributed by atoms with van der Waals surface area (Å²) in [5.41, 5.74) is 3.84. The molecule has 0 atom stereocenters. The van der Waals surface area contributed by atoms with Crippen molar-refractivity contribution < 1.29 is 18.7 Å². The molecule has 2 aromatic carbocycles. The highest BCUT2D eigenvalue weighted by Gasteiger charge is 2.26. The van der Waals surface area contributed by atoms with Gasteiger partial charge in [0.1, 0.15) is 6.61 Å². The van der Waals surface area contributed by atoms with Gasteiger partial charge in [-0.1, -0.05) is 35.4 Å². The minimum absolute atomic E-state index is 0.00936. The van der Waals surface area contributed by atoms with E-state index in [0.29, 0.717) is 24.5 Å². The number of rotatable bonds is 5. The van der Waals surface area contributed by atoms with E-state index in [4.69, 9.17) is 9.15 Å². The highest BCUT2D eigenvalue weighted by molar-refractivity contribution is 5.90. The second-order valence-corrected chi connectivity index (χ2v) is 7.20. The second-order valence-electron chi connectivity index (χ2n) is 7.20. The van der Waals surface area contributed by atoms with Gasteiger partial charge < -0.3 is 19.8 Å². The zero-order valence-corrected chi connectivity index (χ0v) is 16.0. The van der Waals surface area contributed by atoms with E-state index in [9.17, 15) is 9.59 Å². The molecule has 1 aliphatic carbocycles. The predicted octanol–water partition coefficient (Wildman–Crippen LogP) is 2.67. The lowest BCUT2D eigenvalue weighted by Crippen LogP contribution is -2.35. The molecule has 30 heavy (non-hydrogen) atoms. The first kappa shape index (κ1) is 18.2. The summed E-state index contributed by atoms with van der Waals surface area (Å²) in [6, 6.07) is 15.4. The Morgan fingerprint density at radius 2 is 1.87 bits per heavy atom. The van der Waals surface area contributed by atoms with Crippen molar-refractivity contribution in [2.45, 2.75) is 18.9 Å². The number of amides is 2. The number of carbonyl (C=O) groups is 2. The molecular weight excluding hydrogens is 386 g/mol. The summed E-state index contributed by atoms with van der Waals surface area (Å²) in [7, 11) is 0. The van der Waals surface area contributed by atoms with Crippen LogP contribution >= 0.6 is 0 Å². The molecule has 0 radical (unpaired) electrons. The fourth-order valence-corrected chi connectivity index (χ4v) is 3.78. The zero-order chi connectivity index (χ0) is 20.5. The van der Waals surface area contributed by atoms with Gasteiger partial charge in [0.05, 0.1) is 6.54 Å². The van der Waals surface area contributed by atoms with Gasteiger partial charge in [0.15, 0.2) is 0 Å². The summed E-state index contributed by atoms with van der Waals surface area (Å²) in [5.74, 6) is -0.505. The molecule has 2 aliphatic rings. The number of hydrogen-bond donors (Lipinski definition) is 2. The molecule has 2 amide bonds. The lowest BCUT2D eigenvalue weighted by Gasteiger charge is -2.13. The van der Waals surface area contributed by atoms with Gasteiger partial charge in [-0.3, -0.25) is 9.69 Å². The molecule has 3 aromatic rings. The van der Waals surface area contributed by atoms with Crippen LogP contribution in [0.1, 0.15) is 21.8 Å². The molecule has 5 rings (SSSR count). The Labute approximate surface area is 172 Å². The van der Waals surface area contributed by atoms with Gasteiger partial charge in [-0.2, -0.15) is 0 Å². The topological polar surface area (TPSA) is 110 Å². The summed E-state index contributed by atoms with van der Waals surface area (Å²) in [6.45, 7) is 0.864. The Morgan fingerprint density at radius 1 is 1.07 bits per heavy atom. The Bertz CT molecular complexity index is 1090. The van der Waals surface area contributed by atoms with Crippen molar-refractivity contribution in [3.63, 3.8) is 0 Å². The molecule has 0 unspecified atom stereocenters. The van der Waals surface area contributed by atoms with Gasteiger partial charge in [-0.15, -0.1) is 5.10 Å². The number of nitrogens with one attached hydrogen (secondary N) is 2. The molecule has 9 nitrogen and oxygen atoms in total. The van der Waals surface area contributed by atoms with Crippen LogP contribution in [0.15, 0.2) is 52.9 Å². The number of aromatic nitrogens is 2. The summed E-state index contributed by atoms with van der Waals surface area (Å²) in [6.07, 6.45) is 1.19. The lowest BCUT2D eigenvalue weighted by atomic mass is 10.1. The van der Waals surface area contributed by atoms with Crippen LogP contribution in [0, 0.1) is 0 Å². The van der Waals surface area contributed by atoms with E-state index < -0.39 is 5.91 Å². The van der Waals surface area contributed by atoms with E-state index in [2.05, 4.69) is 33.0 Å². The smallest absolute Gasteiger partial charge is 0.414 e. The van der Waals surface area contributed by atoms with E-state index in [1.807, 2.05) is 18.2 Å². The number of nitrogens with zero attached hydrogens (tertiary/aromatic N) is 3. The molecule has 1 saturated heterocycles. The van der Waals surface area contributed by atoms with Gasteiger partial charge in [-0.25, -0.2) is 4.79 Å². The largest absolute Gasteiger partial charge is 0.447 e. The maximum atomic E-state index is 12.5. The zero-order valence-electron chi connectivity index (χ0n) is 16.0. The average Bonchev–Trinajstić information content (AvgIpc) is 3.47. The summed E-state index contributed by atoms with van der Waals surface area (Å²) >= 11 is 0. The van der Waals surface area contributed by atoms with E-state index in [1.54, 1.807) is 18.2 Å². The Kier molecular flexibility index (Phi) is 4.55. The molecule has 152 valence electrons. The standard InChI is InChI=1S/C21H19N5O4/c27-18(22-16-10-13-4-1-2-5-14(13)11-16)19-24-25-20(30-19)23-15-6-3-7-17(12-15)26-8-9-29-21(26)28/h1-7,12,16H,8-11H2,(H,22,27)(H,23,25). The molecule has 1 aromatic heterocycles. The third-order valence-electron chi connectivity index (χ3n) is 5.18. The van der Waals surface area contributed by atoms with E-state index in [1.165, 1.54) is 16.0 Å². The third-order valence-corrected chi connectivity index (χ3v) is 5.18. The number of carbonyl (C=O) groups excluding carboxylic acids is 2. The minimum Gasteiger partial charge on any atom is -0.447 e. The summed E-state index contributed by atoms with van der Waals surface area (Å²) < 4.78 is 10.4. The number of hydrogen-bond acceptors (Lipinski definition) is 7. The van der Waals surface area contributed by atoms with Crippen LogP contribution in [0.4, 0.5) is 22.2 Å². The van der Waals surface area contributed by atoms with Crippen molar-refractivity contribution in [1.29, 1.82) is 0 Å². The van der Waals surface area contributed by atoms with Crippen LogP contribution in [0.3, 0.4) is 0 Å². The van der Waals surface area contributed by atoms with E-state index in [-0.39, 0.29) is 24.0 Å². The maximum absolute atomic E-state index is 12.5. The SMILES string of the molecule is O=C(NC1Cc2ccccc2C1)c1nnc(Nc2cccc(N3CCOC3=O)c2)o1. The molecule has 2 heterocycles. The number of ether oxygens (including phenoxy) is 1. The first-order valence-electron chi connectivity index (χ1n) is 9.68. The lowest BCUT2D eigenvalue weighted by molar-refractivity contribution is 0.0904. The van der Waals surface area contributed by atoms with Crippen LogP contribution in [0.2, 0.25) is 0 Å². The van der Waals surface area contributed by atoms with Crippen LogP contribution in [-0.2, 0) is 17.6 Å². The molecule has 1 fully saturated rings. The van der Waals surface area contributed by atoms with Gasteiger partial charge in [0.25, 0.3) is 0 Å². The molecular formula is C21H19N5O4. The van der Waals surface area contributed by atoms with Crippen molar-refractivity contribution in [1.82, 2.24) is 15.5 Å². The molecule has 2 N–H and O–H groups in total. The van der Waals surface area contributed by atoms with Crippen molar-refractivity contribution >= 4 is 29.4 Å². The predicted molar refractivity (Wildman–Crippen MR) is 108 cm³/mol. The fourth-order valence-electron chi connectivity index (χ4n) is 3.78. The van der Waals surface area contributed by atoms with Crippen molar-refractivity contribution in [3.05, 3.63) is 65.5 Å². The first-order valence-corrected chi connectivity index (χ1v) is 9.68. The number of fused-ring (bicyclic) bond motifs is 1. The number of cyclic esters (lactones) is 1. The van der Waals surface area contributed by atoms with Crippen molar-refractivity contribution in [3.8, 4) is 0 Å². The number of benzene rings is 2. The van der Waals surface area contributed by atoms with Crippen molar-refractivity contribution in [2.75, 3.05) is 23.4 Å². The van der Waals surface area contributed by atoms with E-state index in [0.717, 1.165) is 12.8 Å². The first-order chi connectivity index (χ1) is 14.7. The summed E-state index contributed by atoms with van der Waals surface area (Å²) in [4.78, 5) is 25.8.